The second-order valence-electron chi connectivity index (χ2n) is 4.91. The van der Waals surface area contributed by atoms with Gasteiger partial charge < -0.3 is 10.1 Å². The minimum absolute atomic E-state index is 0.115. The number of ether oxygens (including phenoxy) is 1. The van der Waals surface area contributed by atoms with Gasteiger partial charge in [0.25, 0.3) is 5.91 Å². The van der Waals surface area contributed by atoms with Crippen molar-refractivity contribution in [3.05, 3.63) is 63.6 Å². The third-order valence-electron chi connectivity index (χ3n) is 2.99. The van der Waals surface area contributed by atoms with Gasteiger partial charge in [-0.3, -0.25) is 9.59 Å². The van der Waals surface area contributed by atoms with Gasteiger partial charge in [0.1, 0.15) is 17.4 Å². The lowest BCUT2D eigenvalue weighted by molar-refractivity contribution is -0.131. The number of nitriles is 1. The summed E-state index contributed by atoms with van der Waals surface area (Å²) in [6.45, 7) is 1.30. The summed E-state index contributed by atoms with van der Waals surface area (Å²) in [5, 5.41) is 12.5. The zero-order chi connectivity index (χ0) is 18.4. The van der Waals surface area contributed by atoms with Crippen LogP contribution in [0.4, 0.5) is 5.69 Å². The van der Waals surface area contributed by atoms with E-state index in [0.29, 0.717) is 27.0 Å². The summed E-state index contributed by atoms with van der Waals surface area (Å²) in [4.78, 5) is 23.1. The number of amides is 1. The van der Waals surface area contributed by atoms with E-state index in [4.69, 9.17) is 27.9 Å². The molecule has 0 radical (unpaired) electrons. The molecule has 0 unspecified atom stereocenters. The zero-order valence-corrected chi connectivity index (χ0v) is 14.6. The Labute approximate surface area is 154 Å². The van der Waals surface area contributed by atoms with Crippen LogP contribution >= 0.6 is 23.2 Å². The molecule has 0 aliphatic rings. The van der Waals surface area contributed by atoms with Gasteiger partial charge in [0.2, 0.25) is 0 Å². The fraction of sp³-hybridized carbons (Fsp3) is 0.0556. The molecule has 0 fully saturated rings. The topological polar surface area (TPSA) is 79.2 Å². The van der Waals surface area contributed by atoms with Crippen molar-refractivity contribution in [2.24, 2.45) is 0 Å². The Balaban J connectivity index is 2.19. The van der Waals surface area contributed by atoms with E-state index in [9.17, 15) is 14.9 Å². The number of halogens is 2. The predicted octanol–water partition coefficient (Wildman–Crippen LogP) is 4.46. The quantitative estimate of drug-likeness (QED) is 0.370. The highest BCUT2D eigenvalue weighted by atomic mass is 35.5. The van der Waals surface area contributed by atoms with Gasteiger partial charge >= 0.3 is 5.97 Å². The highest BCUT2D eigenvalue weighted by Gasteiger charge is 2.12. The number of nitrogens with zero attached hydrogens (tertiary/aromatic N) is 1. The van der Waals surface area contributed by atoms with Gasteiger partial charge in [-0.2, -0.15) is 5.26 Å². The molecule has 2 aromatic rings. The number of carbonyl (C=O) groups is 2. The number of nitrogens with one attached hydrogen (secondary N) is 1. The summed E-state index contributed by atoms with van der Waals surface area (Å²) in [6, 6.07) is 12.8. The summed E-state index contributed by atoms with van der Waals surface area (Å²) >= 11 is 11.9. The molecule has 5 nitrogen and oxygen atoms in total. The fourth-order valence-electron chi connectivity index (χ4n) is 1.90. The maximum absolute atomic E-state index is 12.3. The first-order valence-electron chi connectivity index (χ1n) is 7.05. The summed E-state index contributed by atoms with van der Waals surface area (Å²) < 4.78 is 4.92. The van der Waals surface area contributed by atoms with E-state index in [1.54, 1.807) is 36.4 Å². The molecule has 2 aromatic carbocycles. The minimum atomic E-state index is -0.615. The Bertz CT molecular complexity index is 884. The molecule has 0 aliphatic carbocycles. The number of benzene rings is 2. The average Bonchev–Trinajstić information content (AvgIpc) is 2.57. The maximum atomic E-state index is 12.3. The smallest absolute Gasteiger partial charge is 0.308 e. The van der Waals surface area contributed by atoms with E-state index >= 15 is 0 Å². The van der Waals surface area contributed by atoms with Crippen LogP contribution in [-0.2, 0) is 9.59 Å². The second-order valence-corrected chi connectivity index (χ2v) is 5.75. The predicted molar refractivity (Wildman–Crippen MR) is 96.4 cm³/mol. The maximum Gasteiger partial charge on any atom is 0.308 e. The normalized spacial score (nSPS) is 10.7. The van der Waals surface area contributed by atoms with Crippen LogP contribution in [0.25, 0.3) is 6.08 Å². The lowest BCUT2D eigenvalue weighted by Crippen LogP contribution is -2.13. The van der Waals surface area contributed by atoms with Crippen molar-refractivity contribution in [1.29, 1.82) is 5.26 Å². The molecule has 0 spiro atoms. The first-order valence-corrected chi connectivity index (χ1v) is 7.81. The molecule has 126 valence electrons. The summed E-state index contributed by atoms with van der Waals surface area (Å²) in [7, 11) is 0. The summed E-state index contributed by atoms with van der Waals surface area (Å²) in [5.41, 5.74) is 0.793. The van der Waals surface area contributed by atoms with Crippen LogP contribution < -0.4 is 10.1 Å². The van der Waals surface area contributed by atoms with Crippen LogP contribution in [-0.4, -0.2) is 11.9 Å². The molecule has 2 rings (SSSR count). The third kappa shape index (κ3) is 5.35. The first-order chi connectivity index (χ1) is 11.9. The van der Waals surface area contributed by atoms with Crippen LogP contribution in [0.5, 0.6) is 5.75 Å². The third-order valence-corrected chi connectivity index (χ3v) is 3.56. The molecular weight excluding hydrogens is 363 g/mol. The van der Waals surface area contributed by atoms with E-state index in [1.165, 1.54) is 19.1 Å². The number of carbonyl (C=O) groups excluding carboxylic acids is 2. The number of rotatable bonds is 4. The summed E-state index contributed by atoms with van der Waals surface area (Å²) in [6.07, 6.45) is 1.41. The van der Waals surface area contributed by atoms with E-state index < -0.39 is 11.9 Å². The molecule has 1 amide bonds. The van der Waals surface area contributed by atoms with Crippen molar-refractivity contribution in [2.45, 2.75) is 6.92 Å². The lowest BCUT2D eigenvalue weighted by Gasteiger charge is -2.07. The lowest BCUT2D eigenvalue weighted by atomic mass is 10.1. The highest BCUT2D eigenvalue weighted by Crippen LogP contribution is 2.26. The Morgan fingerprint density at radius 1 is 1.16 bits per heavy atom. The first kappa shape index (κ1) is 18.5. The van der Waals surface area contributed by atoms with Gasteiger partial charge in [0, 0.05) is 11.9 Å². The molecule has 0 heterocycles. The monoisotopic (exact) mass is 374 g/mol. The molecule has 25 heavy (non-hydrogen) atoms. The standard InChI is InChI=1S/C18H12Cl2N2O3/c1-11(23)25-15-5-2-12(3-6-15)8-13(10-21)18(24)22-17-9-14(19)4-7-16(17)20/h2-9H,1H3,(H,22,24)/b13-8-. The van der Waals surface area contributed by atoms with Crippen LogP contribution in [0, 0.1) is 11.3 Å². The van der Waals surface area contributed by atoms with Gasteiger partial charge in [0.05, 0.1) is 10.7 Å². The van der Waals surface area contributed by atoms with Crippen molar-refractivity contribution < 1.29 is 14.3 Å². The van der Waals surface area contributed by atoms with Crippen molar-refractivity contribution >= 4 is 46.8 Å². The van der Waals surface area contributed by atoms with Crippen LogP contribution in [0.2, 0.25) is 10.0 Å². The molecule has 0 bridgehead atoms. The van der Waals surface area contributed by atoms with E-state index in [2.05, 4.69) is 5.32 Å². The van der Waals surface area contributed by atoms with E-state index in [0.717, 1.165) is 0 Å². The van der Waals surface area contributed by atoms with Gasteiger partial charge in [-0.25, -0.2) is 0 Å². The largest absolute Gasteiger partial charge is 0.427 e. The molecule has 1 N–H and O–H groups in total. The Hall–Kier alpha value is -2.81. The van der Waals surface area contributed by atoms with Crippen LogP contribution in [0.1, 0.15) is 12.5 Å². The van der Waals surface area contributed by atoms with Crippen molar-refractivity contribution in [2.75, 3.05) is 5.32 Å². The number of anilines is 1. The van der Waals surface area contributed by atoms with Gasteiger partial charge in [-0.05, 0) is 42.0 Å². The van der Waals surface area contributed by atoms with Crippen molar-refractivity contribution in [3.63, 3.8) is 0 Å². The van der Waals surface area contributed by atoms with Gasteiger partial charge in [0.15, 0.2) is 0 Å². The summed E-state index contributed by atoms with van der Waals surface area (Å²) in [5.74, 6) is -0.673. The van der Waals surface area contributed by atoms with Crippen molar-refractivity contribution in [3.8, 4) is 11.8 Å². The van der Waals surface area contributed by atoms with Crippen molar-refractivity contribution in [1.82, 2.24) is 0 Å². The number of hydrogen-bond acceptors (Lipinski definition) is 4. The number of esters is 1. The molecule has 0 aliphatic heterocycles. The Morgan fingerprint density at radius 3 is 2.44 bits per heavy atom. The molecule has 7 heteroatoms. The zero-order valence-electron chi connectivity index (χ0n) is 13.0. The molecule has 0 saturated heterocycles. The fourth-order valence-corrected chi connectivity index (χ4v) is 2.23. The average molecular weight is 375 g/mol. The molecular formula is C18H12Cl2N2O3. The van der Waals surface area contributed by atoms with E-state index in [1.807, 2.05) is 6.07 Å². The SMILES string of the molecule is CC(=O)Oc1ccc(/C=C(/C#N)C(=O)Nc2cc(Cl)ccc2Cl)cc1. The van der Waals surface area contributed by atoms with E-state index in [-0.39, 0.29) is 5.57 Å². The second kappa shape index (κ2) is 8.34. The Morgan fingerprint density at radius 2 is 1.84 bits per heavy atom. The van der Waals surface area contributed by atoms with Crippen LogP contribution in [0.3, 0.4) is 0 Å². The Kier molecular flexibility index (Phi) is 6.18. The minimum Gasteiger partial charge on any atom is -0.427 e. The number of hydrogen-bond donors (Lipinski definition) is 1. The molecule has 0 atom stereocenters. The van der Waals surface area contributed by atoms with Gasteiger partial charge in [-0.1, -0.05) is 35.3 Å². The van der Waals surface area contributed by atoms with Crippen LogP contribution in [0.15, 0.2) is 48.0 Å². The van der Waals surface area contributed by atoms with Gasteiger partial charge in [-0.15, -0.1) is 0 Å². The highest BCUT2D eigenvalue weighted by molar-refractivity contribution is 6.36. The molecule has 0 aromatic heterocycles. The molecule has 0 saturated carbocycles.